The highest BCUT2D eigenvalue weighted by atomic mass is 35.5. The van der Waals surface area contributed by atoms with Crippen LogP contribution in [0.25, 0.3) is 45.0 Å². The molecule has 0 spiro atoms. The van der Waals surface area contributed by atoms with E-state index in [2.05, 4.69) is 51.9 Å². The number of carbonyl (C=O) groups is 8. The van der Waals surface area contributed by atoms with Gasteiger partial charge >= 0.3 is 35.8 Å². The first-order valence-electron chi connectivity index (χ1n) is 39.6. The summed E-state index contributed by atoms with van der Waals surface area (Å²) >= 11 is 12.8. The molecular weight excluding hydrogens is 1580 g/mol. The predicted molar refractivity (Wildman–Crippen MR) is 454 cm³/mol. The minimum atomic E-state index is -0.976. The lowest BCUT2D eigenvalue weighted by atomic mass is 9.80. The lowest BCUT2D eigenvalue weighted by Crippen LogP contribution is -2.47. The summed E-state index contributed by atoms with van der Waals surface area (Å²) in [5.41, 5.74) is 22.8. The van der Waals surface area contributed by atoms with Crippen molar-refractivity contribution in [1.29, 1.82) is 0 Å². The third-order valence-electron chi connectivity index (χ3n) is 19.4. The van der Waals surface area contributed by atoms with Crippen molar-refractivity contribution in [2.45, 2.75) is 145 Å². The molecule has 4 atom stereocenters. The molecule has 2 unspecified atom stereocenters. The van der Waals surface area contributed by atoms with Gasteiger partial charge in [-0.25, -0.2) is 39.0 Å². The minimum absolute atomic E-state index is 0.109. The van der Waals surface area contributed by atoms with Gasteiger partial charge in [0, 0.05) is 71.6 Å². The van der Waals surface area contributed by atoms with Crippen LogP contribution in [0.2, 0.25) is 10.0 Å². The minimum Gasteiger partial charge on any atom is -0.480 e. The maximum Gasteiger partial charge on any atom is 0.336 e. The Bertz CT molecular complexity index is 4580. The smallest absolute Gasteiger partial charge is 0.336 e. The summed E-state index contributed by atoms with van der Waals surface area (Å²) in [6, 6.07) is 43.6. The van der Waals surface area contributed by atoms with E-state index in [0.29, 0.717) is 106 Å². The van der Waals surface area contributed by atoms with E-state index in [9.17, 15) is 48.6 Å². The number of nitrogens with zero attached hydrogens (tertiary/aromatic N) is 8. The summed E-state index contributed by atoms with van der Waals surface area (Å²) in [6.07, 6.45) is 3.95. The average Bonchev–Trinajstić information content (AvgIpc) is 1.37. The van der Waals surface area contributed by atoms with Crippen LogP contribution in [0.4, 0.5) is 0 Å². The molecule has 10 N–H and O–H groups in total. The molecule has 32 heteroatoms. The number of tetrazole rings is 2. The topological polar surface area (TPSA) is 424 Å². The molecule has 2 amide bonds. The van der Waals surface area contributed by atoms with E-state index in [-0.39, 0.29) is 74.3 Å². The number of benzene rings is 6. The van der Waals surface area contributed by atoms with Gasteiger partial charge < -0.3 is 70.5 Å². The number of unbranched alkanes of at least 4 members (excludes halogenated alkanes) is 2. The quantitative estimate of drug-likeness (QED) is 0.0103. The monoisotopic (exact) mass is 1690 g/mol. The number of halogens is 2. The van der Waals surface area contributed by atoms with Crippen molar-refractivity contribution in [2.75, 3.05) is 67.0 Å². The number of esters is 4. The molecule has 2 aliphatic heterocycles. The highest BCUT2D eigenvalue weighted by Gasteiger charge is 2.42. The normalized spacial score (nSPS) is 14.2. The van der Waals surface area contributed by atoms with Gasteiger partial charge in [-0.3, -0.25) is 9.59 Å². The molecule has 30 nitrogen and oxygen atoms in total. The zero-order valence-corrected chi connectivity index (χ0v) is 71.2. The second-order valence-electron chi connectivity index (χ2n) is 28.4. The fourth-order valence-electron chi connectivity index (χ4n) is 13.8. The summed E-state index contributed by atoms with van der Waals surface area (Å²) in [4.78, 5) is 104. The van der Waals surface area contributed by atoms with E-state index < -0.39 is 59.7 Å². The number of aromatic nitrogens is 8. The Balaban J connectivity index is 0.000000221. The van der Waals surface area contributed by atoms with Gasteiger partial charge in [0.2, 0.25) is 11.8 Å². The van der Waals surface area contributed by atoms with Gasteiger partial charge in [0.15, 0.2) is 11.6 Å². The first-order chi connectivity index (χ1) is 57.7. The van der Waals surface area contributed by atoms with Gasteiger partial charge in [0.05, 0.1) is 99.4 Å². The number of nitrogens with two attached hydrogens (primary N) is 2. The third kappa shape index (κ3) is 25.6. The van der Waals surface area contributed by atoms with Crippen LogP contribution in [0.1, 0.15) is 142 Å². The second-order valence-corrected chi connectivity index (χ2v) is 29.2. The fraction of sp³-hybridized carbons (Fsp3) is 0.386. The summed E-state index contributed by atoms with van der Waals surface area (Å²) in [6.45, 7) is 20.7. The van der Waals surface area contributed by atoms with Crippen molar-refractivity contribution in [3.05, 3.63) is 223 Å². The average molecular weight is 1690 g/mol. The Morgan fingerprint density at radius 3 is 1.11 bits per heavy atom. The van der Waals surface area contributed by atoms with E-state index in [4.69, 9.17) is 63.1 Å². The largest absolute Gasteiger partial charge is 0.480 e. The first-order valence-corrected chi connectivity index (χ1v) is 40.4. The lowest BCUT2D eigenvalue weighted by molar-refractivity contribution is -0.153. The van der Waals surface area contributed by atoms with Crippen molar-refractivity contribution >= 4 is 70.8 Å². The number of ether oxygens (including phenoxy) is 6. The predicted octanol–water partition coefficient (Wildman–Crippen LogP) is 12.9. The molecule has 0 saturated carbocycles. The van der Waals surface area contributed by atoms with Crippen LogP contribution >= 0.6 is 23.2 Å². The van der Waals surface area contributed by atoms with Crippen LogP contribution in [0.15, 0.2) is 191 Å². The number of amides is 2. The number of hydrogen-bond acceptors (Lipinski definition) is 24. The Hall–Kier alpha value is -11.8. The van der Waals surface area contributed by atoms with Crippen molar-refractivity contribution in [3.63, 3.8) is 0 Å². The molecule has 0 saturated heterocycles. The van der Waals surface area contributed by atoms with Crippen LogP contribution in [0, 0.1) is 11.8 Å². The van der Waals surface area contributed by atoms with Crippen LogP contribution in [0.3, 0.4) is 0 Å². The van der Waals surface area contributed by atoms with Crippen LogP contribution in [0.5, 0.6) is 0 Å². The summed E-state index contributed by atoms with van der Waals surface area (Å²) in [5, 5.41) is 54.8. The number of rotatable bonds is 36. The molecule has 2 aliphatic rings. The van der Waals surface area contributed by atoms with E-state index in [0.717, 1.165) is 70.2 Å². The summed E-state index contributed by atoms with van der Waals surface area (Å²) < 4.78 is 31.6. The Morgan fingerprint density at radius 2 is 0.817 bits per heavy atom. The van der Waals surface area contributed by atoms with Gasteiger partial charge in [-0.05, 0) is 130 Å². The number of carboxylic acids is 2. The maximum atomic E-state index is 12.9. The summed E-state index contributed by atoms with van der Waals surface area (Å²) in [7, 11) is 2.58. The summed E-state index contributed by atoms with van der Waals surface area (Å²) in [5.74, 6) is -5.15. The van der Waals surface area contributed by atoms with Crippen molar-refractivity contribution < 1.29 is 77.0 Å². The number of methoxy groups -OCH3 is 2. The van der Waals surface area contributed by atoms with E-state index in [1.165, 1.54) is 24.0 Å². The third-order valence-corrected chi connectivity index (χ3v) is 20.1. The van der Waals surface area contributed by atoms with Crippen molar-refractivity contribution in [1.82, 2.24) is 61.7 Å². The number of hydrogen-bond donors (Lipinski definition) is 8. The number of H-pyrrole nitrogens is 2. The van der Waals surface area contributed by atoms with Crippen LogP contribution in [-0.2, 0) is 79.9 Å². The van der Waals surface area contributed by atoms with Gasteiger partial charge in [0.1, 0.15) is 12.1 Å². The maximum absolute atomic E-state index is 12.9. The molecule has 6 aromatic carbocycles. The van der Waals surface area contributed by atoms with Gasteiger partial charge in [0.25, 0.3) is 0 Å². The van der Waals surface area contributed by atoms with Crippen LogP contribution < -0.4 is 22.1 Å². The Kier molecular flexibility index (Phi) is 38.4. The molecule has 4 heterocycles. The fourth-order valence-corrected chi connectivity index (χ4v) is 14.3. The molecule has 2 aromatic heterocycles. The molecule has 640 valence electrons. The van der Waals surface area contributed by atoms with Crippen molar-refractivity contribution in [2.24, 2.45) is 23.3 Å². The van der Waals surface area contributed by atoms with E-state index in [1.807, 2.05) is 139 Å². The number of carboxylic acid groups (broad SMARTS) is 2. The van der Waals surface area contributed by atoms with Crippen molar-refractivity contribution in [3.8, 4) is 45.0 Å². The zero-order chi connectivity index (χ0) is 87.5. The molecule has 8 aromatic rings. The highest BCUT2D eigenvalue weighted by molar-refractivity contribution is 6.32. The number of aliphatic carboxylic acids is 2. The van der Waals surface area contributed by atoms with Gasteiger partial charge in [-0.15, -0.1) is 10.2 Å². The number of carbonyl (C=O) groups excluding carboxylic acids is 6. The van der Waals surface area contributed by atoms with Crippen LogP contribution in [-0.4, -0.2) is 188 Å². The molecule has 0 bridgehead atoms. The number of dihydropyridines is 2. The molecule has 10 rings (SSSR count). The number of allylic oxidation sites excluding steroid dienone is 2. The number of aromatic amines is 2. The molecule has 120 heavy (non-hydrogen) atoms. The van der Waals surface area contributed by atoms with E-state index >= 15 is 0 Å². The Morgan fingerprint density at radius 1 is 0.475 bits per heavy atom. The molecule has 0 fully saturated rings. The van der Waals surface area contributed by atoms with Gasteiger partial charge in [-0.1, -0.05) is 211 Å². The Labute approximate surface area is 708 Å². The van der Waals surface area contributed by atoms with E-state index in [1.54, 1.807) is 76.2 Å². The lowest BCUT2D eigenvalue weighted by Gasteiger charge is -2.32. The molecule has 0 aliphatic carbocycles. The highest BCUT2D eigenvalue weighted by Crippen LogP contribution is 2.44. The zero-order valence-electron chi connectivity index (χ0n) is 69.7. The molecule has 0 radical (unpaired) electrons. The van der Waals surface area contributed by atoms with Gasteiger partial charge in [-0.2, -0.15) is 0 Å². The standard InChI is InChI=1S/2C24H29N5O3.2C20H25ClN2O5/c2*1-4-5-10-21(30)29(22(16(2)3)24(31)32)15-17-11-13-18(14-12-17)19-8-6-7-9-20(19)23-25-27-28-26-23;2*1-4-28-20(25)18-15(11-27-10-9-22)23-12(2)16(19(24)26-3)17(18)13-7-5-6-8-14(13)21/h2*6-9,11-14,16,22H,4-5,10,15H2,1-3H3,(H,31,32)(H,25,26,27,28);2*5-8,17,23H,4,9-11,22H2,1-3H3/t2*22-;;/m00../s1. The second kappa shape index (κ2) is 48.3. The number of nitrogens with one attached hydrogen (secondary N) is 4. The SMILES string of the molecule is CCCCC(=O)N(Cc1ccc(-c2ccccc2-c2nnn[nH]2)cc1)[C@H](C(=O)O)C(C)C.CCCCC(=O)N(Cc1ccc(-c2ccccc2-c2nnn[nH]2)cc1)[C@H](C(=O)O)C(C)C.CCOC(=O)C1=C(COCCN)NC(C)=C(C(=O)OC)C1c1ccccc1Cl.CCOC(=O)C1=C(COCCN)NC(C)=C(C(=O)OC)C1c1ccccc1Cl. The first kappa shape index (κ1) is 95.3. The molecular formula is C88H108Cl2N14O16.